The molecule has 0 aliphatic carbocycles. The number of hydrogen-bond donors (Lipinski definition) is 1. The molecule has 2 amide bonds. The first-order valence-corrected chi connectivity index (χ1v) is 13.2. The summed E-state index contributed by atoms with van der Waals surface area (Å²) >= 11 is 0. The number of hydrogen-bond acceptors (Lipinski definition) is 4. The van der Waals surface area contributed by atoms with Crippen molar-refractivity contribution in [2.24, 2.45) is 0 Å². The van der Waals surface area contributed by atoms with Crippen LogP contribution in [0, 0.1) is 11.6 Å². The summed E-state index contributed by atoms with van der Waals surface area (Å²) in [6, 6.07) is 18.4. The standard InChI is InChI=1S/C27H30F2N4O4S/c1-30-27(35)25(17-20-9-5-4-6-10-20)32(18-21-11-7-8-12-24(21)29)26(34)19-33(38(36,37)31(2)3)23-15-13-22(28)14-16-23/h4-16,25H,17-19H2,1-3H3,(H,30,35)/t25-/m1/s1. The van der Waals surface area contributed by atoms with Crippen LogP contribution in [0.15, 0.2) is 78.9 Å². The van der Waals surface area contributed by atoms with E-state index in [4.69, 9.17) is 0 Å². The fourth-order valence-electron chi connectivity index (χ4n) is 3.85. The van der Waals surface area contributed by atoms with Gasteiger partial charge in [0.15, 0.2) is 0 Å². The molecule has 1 N–H and O–H groups in total. The third-order valence-electron chi connectivity index (χ3n) is 5.95. The first kappa shape index (κ1) is 28.7. The zero-order chi connectivity index (χ0) is 27.9. The van der Waals surface area contributed by atoms with Crippen LogP contribution in [0.5, 0.6) is 0 Å². The van der Waals surface area contributed by atoms with Crippen molar-refractivity contribution in [1.29, 1.82) is 0 Å². The van der Waals surface area contributed by atoms with Gasteiger partial charge in [-0.05, 0) is 35.9 Å². The Labute approximate surface area is 221 Å². The molecular weight excluding hydrogens is 514 g/mol. The Hall–Kier alpha value is -3.83. The second-order valence-corrected chi connectivity index (χ2v) is 10.8. The van der Waals surface area contributed by atoms with Gasteiger partial charge in [-0.2, -0.15) is 12.7 Å². The van der Waals surface area contributed by atoms with Crippen molar-refractivity contribution in [2.45, 2.75) is 19.0 Å². The predicted octanol–water partition coefficient (Wildman–Crippen LogP) is 2.96. The van der Waals surface area contributed by atoms with Crippen molar-refractivity contribution < 1.29 is 26.8 Å². The summed E-state index contributed by atoms with van der Waals surface area (Å²) in [6.45, 7) is -0.988. The Morgan fingerprint density at radius 1 is 0.895 bits per heavy atom. The average molecular weight is 545 g/mol. The molecule has 11 heteroatoms. The number of carbonyl (C=O) groups excluding carboxylic acids is 2. The van der Waals surface area contributed by atoms with Gasteiger partial charge in [0.25, 0.3) is 0 Å². The van der Waals surface area contributed by atoms with Crippen molar-refractivity contribution in [3.63, 3.8) is 0 Å². The summed E-state index contributed by atoms with van der Waals surface area (Å²) in [5.41, 5.74) is 0.967. The van der Waals surface area contributed by atoms with E-state index in [2.05, 4.69) is 5.32 Å². The van der Waals surface area contributed by atoms with Gasteiger partial charge in [0.05, 0.1) is 5.69 Å². The molecule has 0 saturated heterocycles. The highest BCUT2D eigenvalue weighted by Gasteiger charge is 2.34. The van der Waals surface area contributed by atoms with E-state index in [1.165, 1.54) is 56.4 Å². The topological polar surface area (TPSA) is 90.0 Å². The highest BCUT2D eigenvalue weighted by Crippen LogP contribution is 2.22. The minimum Gasteiger partial charge on any atom is -0.357 e. The molecule has 0 saturated carbocycles. The molecule has 0 bridgehead atoms. The molecule has 3 aromatic rings. The number of likely N-dealkylation sites (N-methyl/N-ethyl adjacent to an activating group) is 1. The second-order valence-electron chi connectivity index (χ2n) is 8.71. The molecule has 3 rings (SSSR count). The summed E-state index contributed by atoms with van der Waals surface area (Å²) < 4.78 is 56.4. The molecule has 0 unspecified atom stereocenters. The SMILES string of the molecule is CNC(=O)[C@@H](Cc1ccccc1)N(Cc1ccccc1F)C(=O)CN(c1ccc(F)cc1)S(=O)(=O)N(C)C. The summed E-state index contributed by atoms with van der Waals surface area (Å²) in [4.78, 5) is 28.1. The van der Waals surface area contributed by atoms with Gasteiger partial charge in [-0.1, -0.05) is 48.5 Å². The van der Waals surface area contributed by atoms with Gasteiger partial charge in [0.1, 0.15) is 24.2 Å². The molecule has 0 fully saturated rings. The third kappa shape index (κ3) is 6.93. The highest BCUT2D eigenvalue weighted by molar-refractivity contribution is 7.90. The molecule has 38 heavy (non-hydrogen) atoms. The first-order chi connectivity index (χ1) is 18.0. The maximum Gasteiger partial charge on any atom is 0.304 e. The van der Waals surface area contributed by atoms with Gasteiger partial charge < -0.3 is 10.2 Å². The Morgan fingerprint density at radius 2 is 1.50 bits per heavy atom. The average Bonchev–Trinajstić information content (AvgIpc) is 2.90. The van der Waals surface area contributed by atoms with Gasteiger partial charge in [-0.25, -0.2) is 13.1 Å². The summed E-state index contributed by atoms with van der Waals surface area (Å²) in [5, 5.41) is 2.55. The van der Waals surface area contributed by atoms with Crippen molar-refractivity contribution in [3.8, 4) is 0 Å². The van der Waals surface area contributed by atoms with Crippen LogP contribution < -0.4 is 9.62 Å². The van der Waals surface area contributed by atoms with Gasteiger partial charge in [-0.15, -0.1) is 0 Å². The number of nitrogens with zero attached hydrogens (tertiary/aromatic N) is 3. The van der Waals surface area contributed by atoms with Crippen LogP contribution in [0.1, 0.15) is 11.1 Å². The van der Waals surface area contributed by atoms with E-state index >= 15 is 0 Å². The van der Waals surface area contributed by atoms with Crippen LogP contribution in [0.4, 0.5) is 14.5 Å². The Morgan fingerprint density at radius 3 is 2.08 bits per heavy atom. The van der Waals surface area contributed by atoms with E-state index in [9.17, 15) is 26.8 Å². The minimum atomic E-state index is -4.20. The Bertz CT molecular complexity index is 1350. The Kier molecular flexibility index (Phi) is 9.54. The zero-order valence-electron chi connectivity index (χ0n) is 21.3. The predicted molar refractivity (Wildman–Crippen MR) is 141 cm³/mol. The zero-order valence-corrected chi connectivity index (χ0v) is 22.2. The van der Waals surface area contributed by atoms with Crippen LogP contribution in [-0.2, 0) is 32.8 Å². The fraction of sp³-hybridized carbons (Fsp3) is 0.259. The van der Waals surface area contributed by atoms with Crippen LogP contribution in [-0.4, -0.2) is 63.2 Å². The number of carbonyl (C=O) groups is 2. The number of nitrogens with one attached hydrogen (secondary N) is 1. The van der Waals surface area contributed by atoms with Gasteiger partial charge in [0.2, 0.25) is 11.8 Å². The lowest BCUT2D eigenvalue weighted by atomic mass is 10.0. The molecule has 0 radical (unpaired) electrons. The number of anilines is 1. The summed E-state index contributed by atoms with van der Waals surface area (Å²) in [7, 11) is -0.175. The lowest BCUT2D eigenvalue weighted by Crippen LogP contribution is -2.54. The Balaban J connectivity index is 2.07. The highest BCUT2D eigenvalue weighted by atomic mass is 32.2. The second kappa shape index (κ2) is 12.6. The van der Waals surface area contributed by atoms with Crippen molar-refractivity contribution in [3.05, 3.63) is 102 Å². The maximum atomic E-state index is 14.7. The van der Waals surface area contributed by atoms with E-state index in [-0.39, 0.29) is 24.2 Å². The third-order valence-corrected chi connectivity index (χ3v) is 7.77. The number of benzene rings is 3. The van der Waals surface area contributed by atoms with E-state index in [1.807, 2.05) is 6.07 Å². The van der Waals surface area contributed by atoms with Crippen LogP contribution in [0.25, 0.3) is 0 Å². The monoisotopic (exact) mass is 544 g/mol. The van der Waals surface area contributed by atoms with Crippen molar-refractivity contribution in [1.82, 2.24) is 14.5 Å². The minimum absolute atomic E-state index is 0.0545. The largest absolute Gasteiger partial charge is 0.357 e. The smallest absolute Gasteiger partial charge is 0.304 e. The van der Waals surface area contributed by atoms with Gasteiger partial charge in [-0.3, -0.25) is 9.59 Å². The number of rotatable bonds is 11. The molecule has 1 atom stereocenters. The summed E-state index contributed by atoms with van der Waals surface area (Å²) in [5.74, 6) is -2.39. The molecule has 0 aromatic heterocycles. The first-order valence-electron chi connectivity index (χ1n) is 11.8. The number of amides is 2. The molecule has 3 aromatic carbocycles. The van der Waals surface area contributed by atoms with Crippen LogP contribution in [0.3, 0.4) is 0 Å². The molecule has 0 heterocycles. The molecular formula is C27H30F2N4O4S. The quantitative estimate of drug-likeness (QED) is 0.402. The maximum absolute atomic E-state index is 14.7. The normalized spacial score (nSPS) is 12.2. The lowest BCUT2D eigenvalue weighted by molar-refractivity contribution is -0.139. The van der Waals surface area contributed by atoms with E-state index in [0.717, 1.165) is 26.3 Å². The molecule has 8 nitrogen and oxygen atoms in total. The van der Waals surface area contributed by atoms with Gasteiger partial charge >= 0.3 is 10.2 Å². The summed E-state index contributed by atoms with van der Waals surface area (Å²) in [6.07, 6.45) is 0.109. The van der Waals surface area contributed by atoms with Crippen molar-refractivity contribution >= 4 is 27.7 Å². The molecule has 0 aliphatic rings. The van der Waals surface area contributed by atoms with Crippen molar-refractivity contribution in [2.75, 3.05) is 32.0 Å². The molecule has 0 aliphatic heterocycles. The van der Waals surface area contributed by atoms with E-state index in [0.29, 0.717) is 0 Å². The number of halogens is 2. The van der Waals surface area contributed by atoms with Gasteiger partial charge in [0, 0.05) is 39.7 Å². The fourth-order valence-corrected chi connectivity index (χ4v) is 4.91. The lowest BCUT2D eigenvalue weighted by Gasteiger charge is -2.34. The molecule has 202 valence electrons. The van der Waals surface area contributed by atoms with Crippen LogP contribution in [0.2, 0.25) is 0 Å². The van der Waals surface area contributed by atoms with E-state index in [1.54, 1.807) is 30.3 Å². The van der Waals surface area contributed by atoms with Crippen LogP contribution >= 0.6 is 0 Å². The molecule has 0 spiro atoms. The van der Waals surface area contributed by atoms with E-state index < -0.39 is 46.2 Å².